The summed E-state index contributed by atoms with van der Waals surface area (Å²) in [5, 5.41) is 30.9. The van der Waals surface area contributed by atoms with Gasteiger partial charge in [-0.1, -0.05) is 172 Å². The molecule has 4 N–H and O–H groups in total. The van der Waals surface area contributed by atoms with E-state index in [0.717, 1.165) is 44.9 Å². The van der Waals surface area contributed by atoms with Crippen molar-refractivity contribution in [1.82, 2.24) is 0 Å². The Balaban J connectivity index is 2.42. The molecule has 64 heavy (non-hydrogen) atoms. The summed E-state index contributed by atoms with van der Waals surface area (Å²) in [6.45, 7) is 3.71. The Bertz CT molecular complexity index is 1360. The molecule has 13 heteroatoms. The van der Waals surface area contributed by atoms with Crippen LogP contribution in [0, 0.1) is 0 Å². The Morgan fingerprint density at radius 1 is 0.531 bits per heavy atom. The summed E-state index contributed by atoms with van der Waals surface area (Å²) >= 11 is 0. The number of hydrogen-bond donors (Lipinski definition) is 4. The lowest BCUT2D eigenvalue weighted by molar-refractivity contribution is -0.297. The van der Waals surface area contributed by atoms with E-state index in [9.17, 15) is 37.9 Å². The van der Waals surface area contributed by atoms with Crippen molar-refractivity contribution in [3.05, 3.63) is 48.6 Å². The number of esters is 2. The molecule has 372 valence electrons. The fraction of sp³-hybridized carbons (Fsp3) is 0.804. The summed E-state index contributed by atoms with van der Waals surface area (Å²) in [6.07, 6.45) is 40.1. The first kappa shape index (κ1) is 59.6. The summed E-state index contributed by atoms with van der Waals surface area (Å²) in [6, 6.07) is 0. The van der Waals surface area contributed by atoms with Crippen molar-refractivity contribution < 1.29 is 56.8 Å². The topological polar surface area (TPSA) is 186 Å². The molecule has 0 amide bonds. The van der Waals surface area contributed by atoms with Crippen LogP contribution >= 0.6 is 0 Å². The molecule has 2 unspecified atom stereocenters. The predicted molar refractivity (Wildman–Crippen MR) is 256 cm³/mol. The lowest BCUT2D eigenvalue weighted by Crippen LogP contribution is -2.60. The SMILES string of the molecule is CCCCC/C=C/C/C=C/CCCCCCCCCCCC(=O)OC[C@H](CO[C@H]1O[C@H](CS(=O)(=O)O)[C@@H](O)C(O)C1O)OC(=O)CCC/C=C/C/C=C/CCCCCCCCCCC. The van der Waals surface area contributed by atoms with E-state index in [1.54, 1.807) is 0 Å². The zero-order chi connectivity index (χ0) is 46.9. The van der Waals surface area contributed by atoms with Crippen molar-refractivity contribution in [2.45, 2.75) is 243 Å². The summed E-state index contributed by atoms with van der Waals surface area (Å²) in [4.78, 5) is 25.5. The molecule has 1 aliphatic heterocycles. The molecule has 0 aromatic carbocycles. The van der Waals surface area contributed by atoms with E-state index in [1.807, 2.05) is 6.08 Å². The van der Waals surface area contributed by atoms with E-state index in [2.05, 4.69) is 56.4 Å². The van der Waals surface area contributed by atoms with Gasteiger partial charge in [-0.15, -0.1) is 0 Å². The van der Waals surface area contributed by atoms with Gasteiger partial charge in [0.2, 0.25) is 0 Å². The maximum Gasteiger partial charge on any atom is 0.306 e. The first-order valence-corrected chi connectivity index (χ1v) is 26.8. The van der Waals surface area contributed by atoms with Gasteiger partial charge in [0, 0.05) is 12.8 Å². The summed E-state index contributed by atoms with van der Waals surface area (Å²) in [5.41, 5.74) is 0. The molecule has 1 heterocycles. The van der Waals surface area contributed by atoms with Gasteiger partial charge in [-0.25, -0.2) is 0 Å². The first-order chi connectivity index (χ1) is 31.0. The Morgan fingerprint density at radius 2 is 0.953 bits per heavy atom. The van der Waals surface area contributed by atoms with Gasteiger partial charge < -0.3 is 34.3 Å². The maximum atomic E-state index is 12.8. The van der Waals surface area contributed by atoms with Crippen LogP contribution < -0.4 is 0 Å². The highest BCUT2D eigenvalue weighted by atomic mass is 32.2. The van der Waals surface area contributed by atoms with E-state index in [1.165, 1.54) is 116 Å². The quantitative estimate of drug-likeness (QED) is 0.0197. The number of unbranched alkanes of at least 4 members (excludes halogenated alkanes) is 22. The Labute approximate surface area is 388 Å². The highest BCUT2D eigenvalue weighted by molar-refractivity contribution is 7.85. The Hall–Kier alpha value is -2.39. The molecule has 1 saturated heterocycles. The van der Waals surface area contributed by atoms with Gasteiger partial charge in [0.05, 0.1) is 6.61 Å². The fourth-order valence-electron chi connectivity index (χ4n) is 7.45. The van der Waals surface area contributed by atoms with Gasteiger partial charge in [0.15, 0.2) is 12.4 Å². The molecule has 0 aliphatic carbocycles. The molecule has 0 aromatic rings. The predicted octanol–water partition coefficient (Wildman–Crippen LogP) is 11.1. The summed E-state index contributed by atoms with van der Waals surface area (Å²) < 4.78 is 54.1. The summed E-state index contributed by atoms with van der Waals surface area (Å²) in [7, 11) is -4.61. The van der Waals surface area contributed by atoms with Crippen molar-refractivity contribution >= 4 is 22.1 Å². The highest BCUT2D eigenvalue weighted by Gasteiger charge is 2.46. The molecule has 1 fully saturated rings. The second-order valence-corrected chi connectivity index (χ2v) is 19.0. The van der Waals surface area contributed by atoms with E-state index < -0.39 is 71.2 Å². The largest absolute Gasteiger partial charge is 0.462 e. The number of aliphatic hydroxyl groups is 3. The van der Waals surface area contributed by atoms with Gasteiger partial charge in [0.1, 0.15) is 36.8 Å². The standard InChI is InChI=1S/C51H90O12S/c1-3-5-7-9-11-13-15-17-19-21-22-24-25-27-29-31-33-35-37-39-46(52)60-41-44(42-61-51-50(56)49(55)48(54)45(63-51)43-64(57,58)59)62-47(53)40-38-36-34-32-30-28-26-23-20-18-16-14-12-10-8-6-4-2/h11,13,17,19,26,28,32,34,44-45,48-51,54-56H,3-10,12,14-16,18,20-25,27,29-31,33,35-43H2,1-2H3,(H,57,58,59)/b13-11+,19-17+,28-26+,34-32+/t44-,45-,48-,49?,50?,51+/m1/s1. The molecule has 1 aliphatic rings. The molecule has 0 spiro atoms. The second kappa shape index (κ2) is 40.8. The van der Waals surface area contributed by atoms with Crippen LogP contribution in [0.1, 0.15) is 206 Å². The van der Waals surface area contributed by atoms with Crippen LogP contribution in [0.4, 0.5) is 0 Å². The molecular formula is C51H90O12S. The molecule has 0 saturated carbocycles. The molecule has 0 radical (unpaired) electrons. The molecule has 6 atom stereocenters. The van der Waals surface area contributed by atoms with Crippen molar-refractivity contribution in [3.8, 4) is 0 Å². The third-order valence-electron chi connectivity index (χ3n) is 11.4. The molecule has 0 aromatic heterocycles. The van der Waals surface area contributed by atoms with Crippen molar-refractivity contribution in [1.29, 1.82) is 0 Å². The second-order valence-electron chi connectivity index (χ2n) is 17.5. The van der Waals surface area contributed by atoms with Crippen LogP contribution in [0.15, 0.2) is 48.6 Å². The minimum absolute atomic E-state index is 0.0990. The third kappa shape index (κ3) is 34.9. The third-order valence-corrected chi connectivity index (χ3v) is 12.1. The maximum absolute atomic E-state index is 12.8. The Kier molecular flexibility index (Phi) is 38.1. The minimum Gasteiger partial charge on any atom is -0.462 e. The normalized spacial score (nSPS) is 20.0. The van der Waals surface area contributed by atoms with Crippen molar-refractivity contribution in [2.24, 2.45) is 0 Å². The number of hydrogen-bond acceptors (Lipinski definition) is 11. The monoisotopic (exact) mass is 927 g/mol. The zero-order valence-electron chi connectivity index (χ0n) is 39.9. The van der Waals surface area contributed by atoms with Gasteiger partial charge in [0.25, 0.3) is 10.1 Å². The molecule has 0 bridgehead atoms. The fourth-order valence-corrected chi connectivity index (χ4v) is 8.14. The average molecular weight is 927 g/mol. The first-order valence-electron chi connectivity index (χ1n) is 25.2. The Morgan fingerprint density at radius 3 is 1.45 bits per heavy atom. The van der Waals surface area contributed by atoms with E-state index >= 15 is 0 Å². The van der Waals surface area contributed by atoms with E-state index in [0.29, 0.717) is 19.3 Å². The molecule has 1 rings (SSSR count). The zero-order valence-corrected chi connectivity index (χ0v) is 40.7. The van der Waals surface area contributed by atoms with Crippen LogP contribution in [0.3, 0.4) is 0 Å². The van der Waals surface area contributed by atoms with Crippen LogP contribution in [-0.4, -0.2) is 96.0 Å². The lowest BCUT2D eigenvalue weighted by atomic mass is 10.00. The average Bonchev–Trinajstić information content (AvgIpc) is 3.26. The number of rotatable bonds is 42. The van der Waals surface area contributed by atoms with Gasteiger partial charge >= 0.3 is 11.9 Å². The number of carbonyl (C=O) groups excluding carboxylic acids is 2. The van der Waals surface area contributed by atoms with Crippen LogP contribution in [0.2, 0.25) is 0 Å². The van der Waals surface area contributed by atoms with Gasteiger partial charge in [-0.05, 0) is 70.6 Å². The van der Waals surface area contributed by atoms with Crippen LogP contribution in [0.25, 0.3) is 0 Å². The summed E-state index contributed by atoms with van der Waals surface area (Å²) in [5.74, 6) is -2.04. The number of carbonyl (C=O) groups is 2. The molecule has 12 nitrogen and oxygen atoms in total. The number of allylic oxidation sites excluding steroid dienone is 8. The van der Waals surface area contributed by atoms with Gasteiger partial charge in [-0.2, -0.15) is 8.42 Å². The van der Waals surface area contributed by atoms with E-state index in [-0.39, 0.29) is 19.4 Å². The minimum atomic E-state index is -4.61. The number of ether oxygens (including phenoxy) is 4. The highest BCUT2D eigenvalue weighted by Crippen LogP contribution is 2.24. The van der Waals surface area contributed by atoms with Crippen LogP contribution in [0.5, 0.6) is 0 Å². The lowest BCUT2D eigenvalue weighted by Gasteiger charge is -2.40. The smallest absolute Gasteiger partial charge is 0.306 e. The van der Waals surface area contributed by atoms with Crippen molar-refractivity contribution in [2.75, 3.05) is 19.0 Å². The van der Waals surface area contributed by atoms with Crippen LogP contribution in [-0.2, 0) is 38.7 Å². The number of aliphatic hydroxyl groups excluding tert-OH is 3. The van der Waals surface area contributed by atoms with E-state index in [4.69, 9.17) is 18.9 Å². The van der Waals surface area contributed by atoms with Gasteiger partial charge in [-0.3, -0.25) is 14.1 Å². The molecular weight excluding hydrogens is 837 g/mol. The van der Waals surface area contributed by atoms with Crippen molar-refractivity contribution in [3.63, 3.8) is 0 Å².